The molecule has 2 aromatic carbocycles. The molecule has 2 rings (SSSR count). The van der Waals surface area contributed by atoms with E-state index in [0.717, 1.165) is 11.1 Å². The molecule has 0 bridgehead atoms. The van der Waals surface area contributed by atoms with Crippen LogP contribution in [0.1, 0.15) is 35.2 Å². The van der Waals surface area contributed by atoms with Crippen LogP contribution in [0.15, 0.2) is 36.4 Å². The number of nitriles is 1. The number of hydrogen-bond acceptors (Lipinski definition) is 3. The molecule has 0 fully saturated rings. The predicted octanol–water partition coefficient (Wildman–Crippen LogP) is 3.60. The second kappa shape index (κ2) is 6.38. The van der Waals surface area contributed by atoms with Crippen LogP contribution in [-0.2, 0) is 6.61 Å². The maximum absolute atomic E-state index is 13.7. The molecule has 0 amide bonds. The first-order chi connectivity index (χ1) is 10.0. The van der Waals surface area contributed by atoms with Crippen LogP contribution in [0.2, 0.25) is 0 Å². The van der Waals surface area contributed by atoms with Gasteiger partial charge in [0.25, 0.3) is 0 Å². The minimum absolute atomic E-state index is 0.0600. The summed E-state index contributed by atoms with van der Waals surface area (Å²) in [4.78, 5) is 0. The Morgan fingerprint density at radius 3 is 2.71 bits per heavy atom. The van der Waals surface area contributed by atoms with Crippen LogP contribution in [-0.4, -0.2) is 0 Å². The Kier molecular flexibility index (Phi) is 4.56. The molecular formula is C17H17FN2O. The molecule has 0 spiro atoms. The van der Waals surface area contributed by atoms with Crippen molar-refractivity contribution >= 4 is 0 Å². The monoisotopic (exact) mass is 284 g/mol. The van der Waals surface area contributed by atoms with Gasteiger partial charge in [0.05, 0.1) is 11.6 Å². The minimum Gasteiger partial charge on any atom is -0.488 e. The van der Waals surface area contributed by atoms with Gasteiger partial charge in [0, 0.05) is 17.2 Å². The highest BCUT2D eigenvalue weighted by Gasteiger charge is 2.10. The summed E-state index contributed by atoms with van der Waals surface area (Å²) in [5.41, 5.74) is 8.59. The number of rotatable bonds is 4. The van der Waals surface area contributed by atoms with E-state index >= 15 is 0 Å². The first-order valence-electron chi connectivity index (χ1n) is 6.68. The summed E-state index contributed by atoms with van der Waals surface area (Å²) < 4.78 is 19.4. The highest BCUT2D eigenvalue weighted by molar-refractivity contribution is 5.39. The zero-order valence-corrected chi connectivity index (χ0v) is 12.1. The molecule has 21 heavy (non-hydrogen) atoms. The van der Waals surface area contributed by atoms with Gasteiger partial charge in [-0.25, -0.2) is 4.39 Å². The van der Waals surface area contributed by atoms with Crippen LogP contribution >= 0.6 is 0 Å². The van der Waals surface area contributed by atoms with Crippen molar-refractivity contribution in [2.45, 2.75) is 26.5 Å². The van der Waals surface area contributed by atoms with Gasteiger partial charge >= 0.3 is 0 Å². The SMILES string of the molecule is Cc1ccc([C@H](C)N)c(OCc2cc(C#N)ccc2F)c1. The van der Waals surface area contributed by atoms with Crippen molar-refractivity contribution in [3.63, 3.8) is 0 Å². The molecule has 0 saturated heterocycles. The molecular weight excluding hydrogens is 267 g/mol. The fourth-order valence-electron chi connectivity index (χ4n) is 2.05. The second-order valence-corrected chi connectivity index (χ2v) is 5.04. The van der Waals surface area contributed by atoms with Crippen molar-refractivity contribution in [1.29, 1.82) is 5.26 Å². The highest BCUT2D eigenvalue weighted by atomic mass is 19.1. The third-order valence-electron chi connectivity index (χ3n) is 3.22. The predicted molar refractivity (Wildman–Crippen MR) is 79.2 cm³/mol. The van der Waals surface area contributed by atoms with Gasteiger partial charge < -0.3 is 10.5 Å². The Hall–Kier alpha value is -2.38. The van der Waals surface area contributed by atoms with Gasteiger partial charge in [0.1, 0.15) is 18.2 Å². The molecule has 4 heteroatoms. The Morgan fingerprint density at radius 2 is 2.05 bits per heavy atom. The number of hydrogen-bond donors (Lipinski definition) is 1. The topological polar surface area (TPSA) is 59.0 Å². The normalized spacial score (nSPS) is 11.8. The molecule has 1 atom stereocenters. The lowest BCUT2D eigenvalue weighted by Crippen LogP contribution is -2.09. The number of aryl methyl sites for hydroxylation is 1. The van der Waals surface area contributed by atoms with Crippen LogP contribution < -0.4 is 10.5 Å². The summed E-state index contributed by atoms with van der Waals surface area (Å²) >= 11 is 0. The number of benzene rings is 2. The Bertz CT molecular complexity index is 690. The summed E-state index contributed by atoms with van der Waals surface area (Å²) in [6.45, 7) is 3.88. The van der Waals surface area contributed by atoms with Crippen LogP contribution in [0.3, 0.4) is 0 Å². The van der Waals surface area contributed by atoms with Crippen molar-refractivity contribution in [3.8, 4) is 11.8 Å². The average molecular weight is 284 g/mol. The molecule has 2 aromatic rings. The lowest BCUT2D eigenvalue weighted by Gasteiger charge is -2.15. The molecule has 0 aliphatic rings. The lowest BCUT2D eigenvalue weighted by molar-refractivity contribution is 0.295. The molecule has 0 aromatic heterocycles. The van der Waals surface area contributed by atoms with E-state index in [2.05, 4.69) is 0 Å². The first kappa shape index (κ1) is 15.0. The van der Waals surface area contributed by atoms with E-state index < -0.39 is 0 Å². The molecule has 0 saturated carbocycles. The largest absolute Gasteiger partial charge is 0.488 e. The van der Waals surface area contributed by atoms with E-state index in [1.807, 2.05) is 38.1 Å². The van der Waals surface area contributed by atoms with Crippen LogP contribution in [0, 0.1) is 24.1 Å². The Labute approximate surface area is 123 Å². The lowest BCUT2D eigenvalue weighted by atomic mass is 10.1. The molecule has 2 N–H and O–H groups in total. The molecule has 0 aliphatic carbocycles. The fourth-order valence-corrected chi connectivity index (χ4v) is 2.05. The number of halogens is 1. The van der Waals surface area contributed by atoms with Crippen LogP contribution in [0.4, 0.5) is 4.39 Å². The summed E-state index contributed by atoms with van der Waals surface area (Å²) in [5, 5.41) is 8.86. The summed E-state index contributed by atoms with van der Waals surface area (Å²) in [5.74, 6) is 0.260. The van der Waals surface area contributed by atoms with Gasteiger partial charge in [0.2, 0.25) is 0 Å². The maximum atomic E-state index is 13.7. The molecule has 108 valence electrons. The summed E-state index contributed by atoms with van der Waals surface area (Å²) in [6, 6.07) is 11.8. The van der Waals surface area contributed by atoms with E-state index in [9.17, 15) is 4.39 Å². The van der Waals surface area contributed by atoms with E-state index in [1.165, 1.54) is 18.2 Å². The standard InChI is InChI=1S/C17H17FN2O/c1-11-3-5-15(12(2)20)17(7-11)21-10-14-8-13(9-19)4-6-16(14)18/h3-8,12H,10,20H2,1-2H3/t12-/m0/s1. The van der Waals surface area contributed by atoms with Crippen molar-refractivity contribution in [2.24, 2.45) is 5.73 Å². The van der Waals surface area contributed by atoms with E-state index in [4.69, 9.17) is 15.7 Å². The van der Waals surface area contributed by atoms with Gasteiger partial charge in [0.15, 0.2) is 0 Å². The minimum atomic E-state index is -0.385. The van der Waals surface area contributed by atoms with Gasteiger partial charge in [-0.2, -0.15) is 5.26 Å². The fraction of sp³-hybridized carbons (Fsp3) is 0.235. The van der Waals surface area contributed by atoms with Gasteiger partial charge in [-0.1, -0.05) is 12.1 Å². The van der Waals surface area contributed by atoms with E-state index in [-0.39, 0.29) is 18.5 Å². The van der Waals surface area contributed by atoms with Gasteiger partial charge in [-0.3, -0.25) is 0 Å². The van der Waals surface area contributed by atoms with Crippen LogP contribution in [0.5, 0.6) is 5.75 Å². The van der Waals surface area contributed by atoms with Crippen LogP contribution in [0.25, 0.3) is 0 Å². The van der Waals surface area contributed by atoms with Crippen molar-refractivity contribution < 1.29 is 9.13 Å². The van der Waals surface area contributed by atoms with Crippen molar-refractivity contribution in [2.75, 3.05) is 0 Å². The zero-order chi connectivity index (χ0) is 15.4. The van der Waals surface area contributed by atoms with Crippen molar-refractivity contribution in [3.05, 3.63) is 64.5 Å². The van der Waals surface area contributed by atoms with E-state index in [1.54, 1.807) is 0 Å². The number of nitrogens with zero attached hydrogens (tertiary/aromatic N) is 1. The smallest absolute Gasteiger partial charge is 0.129 e. The first-order valence-corrected chi connectivity index (χ1v) is 6.68. The Morgan fingerprint density at radius 1 is 1.29 bits per heavy atom. The van der Waals surface area contributed by atoms with Crippen molar-refractivity contribution in [1.82, 2.24) is 0 Å². The highest BCUT2D eigenvalue weighted by Crippen LogP contribution is 2.26. The molecule has 0 heterocycles. The molecule has 3 nitrogen and oxygen atoms in total. The number of ether oxygens (including phenoxy) is 1. The summed E-state index contributed by atoms with van der Waals surface area (Å²) in [6.07, 6.45) is 0. The van der Waals surface area contributed by atoms with Gasteiger partial charge in [-0.15, -0.1) is 0 Å². The summed E-state index contributed by atoms with van der Waals surface area (Å²) in [7, 11) is 0. The molecule has 0 unspecified atom stereocenters. The third kappa shape index (κ3) is 3.59. The molecule has 0 aliphatic heterocycles. The van der Waals surface area contributed by atoms with E-state index in [0.29, 0.717) is 16.9 Å². The zero-order valence-electron chi connectivity index (χ0n) is 12.1. The maximum Gasteiger partial charge on any atom is 0.129 e. The number of nitrogens with two attached hydrogens (primary N) is 1. The molecule has 0 radical (unpaired) electrons. The van der Waals surface area contributed by atoms with Gasteiger partial charge in [-0.05, 0) is 43.7 Å². The Balaban J connectivity index is 2.24. The quantitative estimate of drug-likeness (QED) is 0.933. The average Bonchev–Trinajstić information content (AvgIpc) is 2.46. The second-order valence-electron chi connectivity index (χ2n) is 5.04. The third-order valence-corrected chi connectivity index (χ3v) is 3.22.